The van der Waals surface area contributed by atoms with E-state index in [-0.39, 0.29) is 11.1 Å². The molecule has 3 aromatic carbocycles. The topological polar surface area (TPSA) is 87.1 Å². The van der Waals surface area contributed by atoms with Crippen LogP contribution in [0.15, 0.2) is 60.7 Å². The molecule has 0 saturated carbocycles. The molecule has 0 aromatic heterocycles. The number of halogens is 3. The van der Waals surface area contributed by atoms with Crippen molar-refractivity contribution in [3.63, 3.8) is 0 Å². The number of carbonyl (C=O) groups excluding carboxylic acids is 1. The van der Waals surface area contributed by atoms with Gasteiger partial charge in [-0.15, -0.1) is 0 Å². The van der Waals surface area contributed by atoms with Crippen molar-refractivity contribution in [2.24, 2.45) is 5.73 Å². The monoisotopic (exact) mass is 406 g/mol. The third kappa shape index (κ3) is 4.43. The van der Waals surface area contributed by atoms with Crippen LogP contribution in [0.3, 0.4) is 0 Å². The van der Waals surface area contributed by atoms with Gasteiger partial charge in [0.05, 0.1) is 17.2 Å². The summed E-state index contributed by atoms with van der Waals surface area (Å²) in [6, 6.07) is 15.7. The highest BCUT2D eigenvalue weighted by Crippen LogP contribution is 2.34. The lowest BCUT2D eigenvalue weighted by Gasteiger charge is -2.10. The Kier molecular flexibility index (Phi) is 5.48. The van der Waals surface area contributed by atoms with Crippen molar-refractivity contribution in [3.8, 4) is 34.8 Å². The number of rotatable bonds is 2. The largest absolute Gasteiger partial charge is 0.508 e. The number of nitrogens with two attached hydrogens (primary N) is 1. The smallest absolute Gasteiger partial charge is 0.417 e. The number of phenols is 1. The molecule has 0 aliphatic heterocycles. The van der Waals surface area contributed by atoms with E-state index in [2.05, 4.69) is 11.8 Å². The maximum atomic E-state index is 13.3. The summed E-state index contributed by atoms with van der Waals surface area (Å²) in [6.07, 6.45) is -4.69. The lowest BCUT2D eigenvalue weighted by atomic mass is 9.96. The average molecular weight is 406 g/mol. The van der Waals surface area contributed by atoms with Crippen LogP contribution in [0.25, 0.3) is 11.1 Å². The van der Waals surface area contributed by atoms with E-state index in [1.807, 2.05) is 6.07 Å². The van der Waals surface area contributed by atoms with Gasteiger partial charge in [0.15, 0.2) is 0 Å². The molecule has 0 heterocycles. The van der Waals surface area contributed by atoms with Crippen molar-refractivity contribution in [2.45, 2.75) is 6.18 Å². The van der Waals surface area contributed by atoms with Crippen molar-refractivity contribution in [2.75, 3.05) is 0 Å². The number of aromatic hydroxyl groups is 1. The van der Waals surface area contributed by atoms with E-state index < -0.39 is 23.4 Å². The number of benzene rings is 3. The Labute approximate surface area is 170 Å². The van der Waals surface area contributed by atoms with Crippen LogP contribution in [0.5, 0.6) is 5.75 Å². The zero-order chi connectivity index (χ0) is 21.9. The molecule has 3 aromatic rings. The van der Waals surface area contributed by atoms with Crippen LogP contribution in [-0.2, 0) is 6.18 Å². The molecule has 1 amide bonds. The number of nitriles is 1. The number of hydrogen-bond donors (Lipinski definition) is 2. The molecular weight excluding hydrogens is 393 g/mol. The molecule has 3 N–H and O–H groups in total. The molecule has 0 unspecified atom stereocenters. The summed E-state index contributed by atoms with van der Waals surface area (Å²) in [5.41, 5.74) is 5.88. The van der Waals surface area contributed by atoms with E-state index in [0.717, 1.165) is 12.1 Å². The van der Waals surface area contributed by atoms with Gasteiger partial charge in [0, 0.05) is 16.7 Å². The van der Waals surface area contributed by atoms with Crippen LogP contribution in [-0.4, -0.2) is 11.0 Å². The van der Waals surface area contributed by atoms with Gasteiger partial charge in [-0.1, -0.05) is 24.0 Å². The molecule has 148 valence electrons. The summed E-state index contributed by atoms with van der Waals surface area (Å²) >= 11 is 0. The van der Waals surface area contributed by atoms with Gasteiger partial charge >= 0.3 is 6.18 Å². The van der Waals surface area contributed by atoms with Gasteiger partial charge in [0.1, 0.15) is 5.75 Å². The molecule has 0 radical (unpaired) electrons. The van der Waals surface area contributed by atoms with E-state index in [4.69, 9.17) is 5.73 Å². The van der Waals surface area contributed by atoms with Crippen molar-refractivity contribution in [1.82, 2.24) is 0 Å². The molecule has 0 atom stereocenters. The van der Waals surface area contributed by atoms with Gasteiger partial charge in [0.25, 0.3) is 0 Å². The fraction of sp³-hybridized carbons (Fsp3) is 0.0435. The molecule has 0 fully saturated rings. The Morgan fingerprint density at radius 1 is 0.967 bits per heavy atom. The van der Waals surface area contributed by atoms with Crippen LogP contribution in [0.4, 0.5) is 13.2 Å². The highest BCUT2D eigenvalue weighted by atomic mass is 19.4. The molecule has 7 heteroatoms. The van der Waals surface area contributed by atoms with Crippen molar-refractivity contribution in [3.05, 3.63) is 88.5 Å². The Balaban J connectivity index is 2.16. The van der Waals surface area contributed by atoms with Gasteiger partial charge in [-0.2, -0.15) is 18.4 Å². The van der Waals surface area contributed by atoms with Gasteiger partial charge in [0.2, 0.25) is 5.91 Å². The number of carbonyl (C=O) groups is 1. The summed E-state index contributed by atoms with van der Waals surface area (Å²) in [4.78, 5) is 11.5. The maximum Gasteiger partial charge on any atom is 0.417 e. The number of amides is 1. The Bertz CT molecular complexity index is 1250. The summed E-state index contributed by atoms with van der Waals surface area (Å²) in [5.74, 6) is 4.04. The molecule has 0 saturated heterocycles. The SMILES string of the molecule is N#Cc1ccc(C#Cc2ccc(O)cc2C(F)(F)F)c(-c2cccc(C(N)=O)c2)c1. The number of nitrogens with zero attached hydrogens (tertiary/aromatic N) is 1. The number of phenolic OH excluding ortho intramolecular Hbond substituents is 1. The summed E-state index contributed by atoms with van der Waals surface area (Å²) < 4.78 is 39.8. The molecule has 4 nitrogen and oxygen atoms in total. The van der Waals surface area contributed by atoms with Crippen molar-refractivity contribution in [1.29, 1.82) is 5.26 Å². The maximum absolute atomic E-state index is 13.3. The summed E-state index contributed by atoms with van der Waals surface area (Å²) in [7, 11) is 0. The minimum absolute atomic E-state index is 0.242. The molecule has 30 heavy (non-hydrogen) atoms. The second-order valence-electron chi connectivity index (χ2n) is 6.29. The van der Waals surface area contributed by atoms with Gasteiger partial charge < -0.3 is 10.8 Å². The van der Waals surface area contributed by atoms with Gasteiger partial charge in [-0.05, 0) is 59.7 Å². The van der Waals surface area contributed by atoms with Crippen LogP contribution in [0.1, 0.15) is 32.6 Å². The second-order valence-corrected chi connectivity index (χ2v) is 6.29. The first-order chi connectivity index (χ1) is 14.2. The first-order valence-electron chi connectivity index (χ1n) is 8.55. The molecule has 0 bridgehead atoms. The molecule has 3 rings (SSSR count). The normalized spacial score (nSPS) is 10.6. The number of hydrogen-bond acceptors (Lipinski definition) is 3. The van der Waals surface area contributed by atoms with Gasteiger partial charge in [-0.3, -0.25) is 4.79 Å². The molecule has 0 spiro atoms. The standard InChI is InChI=1S/C23H13F3N2O2/c24-23(25,26)21-12-19(29)9-8-16(21)7-6-15-5-4-14(13-27)10-20(15)17-2-1-3-18(11-17)22(28)30/h1-5,8-12,29H,(H2,28,30). The second kappa shape index (κ2) is 8.02. The van der Waals surface area contributed by atoms with Crippen LogP contribution in [0.2, 0.25) is 0 Å². The third-order valence-corrected chi connectivity index (χ3v) is 4.25. The molecule has 0 aliphatic carbocycles. The van der Waals surface area contributed by atoms with E-state index in [0.29, 0.717) is 28.3 Å². The highest BCUT2D eigenvalue weighted by molar-refractivity contribution is 5.94. The minimum atomic E-state index is -4.69. The summed E-state index contributed by atoms with van der Waals surface area (Å²) in [5, 5.41) is 18.6. The molecule has 0 aliphatic rings. The van der Waals surface area contributed by atoms with E-state index in [9.17, 15) is 28.3 Å². The fourth-order valence-corrected chi connectivity index (χ4v) is 2.81. The Morgan fingerprint density at radius 3 is 2.33 bits per heavy atom. The number of primary amides is 1. The van der Waals surface area contributed by atoms with Crippen LogP contribution < -0.4 is 5.73 Å². The average Bonchev–Trinajstić information content (AvgIpc) is 2.72. The quantitative estimate of drug-likeness (QED) is 0.617. The van der Waals surface area contributed by atoms with Crippen LogP contribution >= 0.6 is 0 Å². The third-order valence-electron chi connectivity index (χ3n) is 4.25. The van der Waals surface area contributed by atoms with Crippen molar-refractivity contribution >= 4 is 5.91 Å². The van der Waals surface area contributed by atoms with Crippen LogP contribution in [0, 0.1) is 23.2 Å². The Morgan fingerprint density at radius 2 is 1.67 bits per heavy atom. The first kappa shape index (κ1) is 20.5. The van der Waals surface area contributed by atoms with E-state index in [1.54, 1.807) is 12.1 Å². The zero-order valence-corrected chi connectivity index (χ0v) is 15.3. The fourth-order valence-electron chi connectivity index (χ4n) is 2.81. The highest BCUT2D eigenvalue weighted by Gasteiger charge is 2.33. The molecular formula is C23H13F3N2O2. The Hall–Kier alpha value is -4.23. The predicted molar refractivity (Wildman–Crippen MR) is 104 cm³/mol. The lowest BCUT2D eigenvalue weighted by molar-refractivity contribution is -0.137. The number of alkyl halides is 3. The van der Waals surface area contributed by atoms with E-state index >= 15 is 0 Å². The first-order valence-corrected chi connectivity index (χ1v) is 8.55. The van der Waals surface area contributed by atoms with Gasteiger partial charge in [-0.25, -0.2) is 0 Å². The lowest BCUT2D eigenvalue weighted by Crippen LogP contribution is -2.10. The van der Waals surface area contributed by atoms with Crippen molar-refractivity contribution < 1.29 is 23.1 Å². The minimum Gasteiger partial charge on any atom is -0.508 e. The van der Waals surface area contributed by atoms with E-state index in [1.165, 1.54) is 30.3 Å². The predicted octanol–water partition coefficient (Wildman–Crippen LogP) is 4.45. The zero-order valence-electron chi connectivity index (χ0n) is 15.3. The summed E-state index contributed by atoms with van der Waals surface area (Å²) in [6.45, 7) is 0.